The van der Waals surface area contributed by atoms with E-state index in [1.165, 1.54) is 0 Å². The van der Waals surface area contributed by atoms with Gasteiger partial charge in [0, 0.05) is 28.8 Å². The van der Waals surface area contributed by atoms with Gasteiger partial charge in [-0.3, -0.25) is 4.79 Å². The number of ketones is 1. The molecule has 0 saturated carbocycles. The van der Waals surface area contributed by atoms with Crippen LogP contribution in [-0.2, 0) is 19.1 Å². The van der Waals surface area contributed by atoms with Crippen LogP contribution in [0.5, 0.6) is 0 Å². The van der Waals surface area contributed by atoms with Crippen molar-refractivity contribution in [3.05, 3.63) is 51.1 Å². The number of hydrogen-bond acceptors (Lipinski definition) is 5. The van der Waals surface area contributed by atoms with Crippen LogP contribution in [-0.4, -0.2) is 49.6 Å². The smallest absolute Gasteiger partial charge is 0.379 e. The molecule has 0 radical (unpaired) electrons. The third kappa shape index (κ3) is 4.24. The van der Waals surface area contributed by atoms with E-state index < -0.39 is 11.8 Å². The summed E-state index contributed by atoms with van der Waals surface area (Å²) >= 11 is 3.44. The quantitative estimate of drug-likeness (QED) is 0.540. The van der Waals surface area contributed by atoms with Crippen LogP contribution in [0.1, 0.15) is 25.3 Å². The minimum absolute atomic E-state index is 0.201. The Bertz CT molecular complexity index is 746. The Hall–Kier alpha value is -1.92. The number of esters is 1. The zero-order valence-corrected chi connectivity index (χ0v) is 16.4. The van der Waals surface area contributed by atoms with E-state index in [4.69, 9.17) is 9.47 Å². The molecular weight excluding hydrogens is 398 g/mol. The number of Topliss-reactive ketones (excluding diaryl/α,β-unsaturated/α-hetero) is 1. The molecule has 138 valence electrons. The number of halogens is 1. The molecule has 1 aliphatic heterocycles. The van der Waals surface area contributed by atoms with Crippen LogP contribution < -0.4 is 0 Å². The van der Waals surface area contributed by atoms with Crippen molar-refractivity contribution in [2.75, 3.05) is 32.9 Å². The van der Waals surface area contributed by atoms with Gasteiger partial charge in [-0.05, 0) is 49.1 Å². The highest BCUT2D eigenvalue weighted by atomic mass is 79.9. The second kappa shape index (κ2) is 8.64. The van der Waals surface area contributed by atoms with Crippen LogP contribution >= 0.6 is 15.9 Å². The third-order valence-electron chi connectivity index (χ3n) is 4.51. The summed E-state index contributed by atoms with van der Waals surface area (Å²) in [4.78, 5) is 26.8. The summed E-state index contributed by atoms with van der Waals surface area (Å²) in [6.07, 6.45) is 3.40. The third-order valence-corrected chi connectivity index (χ3v) is 5.04. The van der Waals surface area contributed by atoms with E-state index in [-0.39, 0.29) is 6.61 Å². The largest absolute Gasteiger partial charge is 0.460 e. The van der Waals surface area contributed by atoms with Crippen molar-refractivity contribution in [1.29, 1.82) is 0 Å². The van der Waals surface area contributed by atoms with Crippen molar-refractivity contribution >= 4 is 33.8 Å². The van der Waals surface area contributed by atoms with Gasteiger partial charge in [0.1, 0.15) is 0 Å². The number of nitrogens with zero attached hydrogens (tertiary/aromatic N) is 1. The summed E-state index contributed by atoms with van der Waals surface area (Å²) in [5.74, 6) is -1.29. The molecule has 2 aliphatic rings. The predicted molar refractivity (Wildman–Crippen MR) is 102 cm³/mol. The Morgan fingerprint density at radius 1 is 1.19 bits per heavy atom. The van der Waals surface area contributed by atoms with Gasteiger partial charge in [-0.2, -0.15) is 0 Å². The number of ether oxygens (including phenoxy) is 2. The highest BCUT2D eigenvalue weighted by Crippen LogP contribution is 2.36. The zero-order valence-electron chi connectivity index (χ0n) is 14.8. The molecule has 1 aromatic rings. The highest BCUT2D eigenvalue weighted by Gasteiger charge is 2.33. The van der Waals surface area contributed by atoms with Crippen LogP contribution in [0.25, 0.3) is 6.08 Å². The Balaban J connectivity index is 1.97. The predicted octanol–water partition coefficient (Wildman–Crippen LogP) is 3.34. The summed E-state index contributed by atoms with van der Waals surface area (Å²) < 4.78 is 11.4. The minimum Gasteiger partial charge on any atom is -0.460 e. The second-order valence-corrected chi connectivity index (χ2v) is 7.11. The Labute approximate surface area is 161 Å². The lowest BCUT2D eigenvalue weighted by Crippen LogP contribution is -2.37. The van der Waals surface area contributed by atoms with Crippen LogP contribution in [0.2, 0.25) is 0 Å². The topological polar surface area (TPSA) is 55.8 Å². The fourth-order valence-corrected chi connectivity index (χ4v) is 3.58. The first-order valence-electron chi connectivity index (χ1n) is 8.84. The molecule has 3 rings (SSSR count). The summed E-state index contributed by atoms with van der Waals surface area (Å²) in [7, 11) is 0. The van der Waals surface area contributed by atoms with E-state index in [1.54, 1.807) is 6.92 Å². The van der Waals surface area contributed by atoms with Gasteiger partial charge in [0.05, 0.1) is 19.8 Å². The van der Waals surface area contributed by atoms with E-state index in [0.717, 1.165) is 27.7 Å². The molecular formula is C20H22BrNO4. The van der Waals surface area contributed by atoms with Gasteiger partial charge in [0.15, 0.2) is 0 Å². The van der Waals surface area contributed by atoms with Gasteiger partial charge in [-0.25, -0.2) is 4.79 Å². The van der Waals surface area contributed by atoms with Gasteiger partial charge >= 0.3 is 5.97 Å². The maximum absolute atomic E-state index is 12.6. The Kier molecular flexibility index (Phi) is 6.27. The molecule has 0 bridgehead atoms. The van der Waals surface area contributed by atoms with Crippen LogP contribution in [0.15, 0.2) is 45.6 Å². The first-order chi connectivity index (χ1) is 12.6. The normalized spacial score (nSPS) is 19.2. The average molecular weight is 420 g/mol. The summed E-state index contributed by atoms with van der Waals surface area (Å²) in [6.45, 7) is 4.58. The lowest BCUT2D eigenvalue weighted by molar-refractivity contribution is -0.151. The molecule has 0 N–H and O–H groups in total. The molecule has 1 saturated heterocycles. The SMILES string of the molecule is CCOC(=O)C(=O)C1=C(N2CCOCC2)/C(=C/c2ccc(Br)cc2)CC1. The van der Waals surface area contributed by atoms with Crippen molar-refractivity contribution in [2.45, 2.75) is 19.8 Å². The van der Waals surface area contributed by atoms with Crippen molar-refractivity contribution < 1.29 is 19.1 Å². The maximum Gasteiger partial charge on any atom is 0.379 e. The van der Waals surface area contributed by atoms with Gasteiger partial charge in [0.25, 0.3) is 5.78 Å². The van der Waals surface area contributed by atoms with E-state index in [1.807, 2.05) is 24.3 Å². The molecule has 1 aromatic carbocycles. The second-order valence-electron chi connectivity index (χ2n) is 6.20. The van der Waals surface area contributed by atoms with Crippen molar-refractivity contribution in [3.8, 4) is 0 Å². The zero-order chi connectivity index (χ0) is 18.5. The lowest BCUT2D eigenvalue weighted by atomic mass is 10.1. The number of rotatable bonds is 5. The van der Waals surface area contributed by atoms with E-state index in [9.17, 15) is 9.59 Å². The number of carbonyl (C=O) groups excluding carboxylic acids is 2. The van der Waals surface area contributed by atoms with Gasteiger partial charge in [-0.15, -0.1) is 0 Å². The molecule has 6 heteroatoms. The minimum atomic E-state index is -0.766. The molecule has 1 fully saturated rings. The molecule has 5 nitrogen and oxygen atoms in total. The molecule has 0 amide bonds. The first-order valence-corrected chi connectivity index (χ1v) is 9.63. The van der Waals surface area contributed by atoms with E-state index >= 15 is 0 Å². The van der Waals surface area contributed by atoms with Crippen molar-refractivity contribution in [2.24, 2.45) is 0 Å². The molecule has 0 unspecified atom stereocenters. The Morgan fingerprint density at radius 2 is 1.88 bits per heavy atom. The summed E-state index contributed by atoms with van der Waals surface area (Å²) in [5.41, 5.74) is 3.60. The standard InChI is InChI=1S/C20H22BrNO4/c1-2-26-20(24)19(23)17-8-5-15(13-14-3-6-16(21)7-4-14)18(17)22-9-11-25-12-10-22/h3-4,6-7,13H,2,5,8-12H2,1H3/b15-13+. The van der Waals surface area contributed by atoms with Crippen molar-refractivity contribution in [1.82, 2.24) is 4.90 Å². The first kappa shape index (κ1) is 18.9. The van der Waals surface area contributed by atoms with E-state index in [2.05, 4.69) is 26.9 Å². The molecule has 0 atom stereocenters. The average Bonchev–Trinajstić information content (AvgIpc) is 3.07. The fraction of sp³-hybridized carbons (Fsp3) is 0.400. The van der Waals surface area contributed by atoms with E-state index in [0.29, 0.717) is 38.3 Å². The van der Waals surface area contributed by atoms with Crippen molar-refractivity contribution in [3.63, 3.8) is 0 Å². The number of allylic oxidation sites excluding steroid dienone is 1. The fourth-order valence-electron chi connectivity index (χ4n) is 3.31. The molecule has 26 heavy (non-hydrogen) atoms. The number of morpholine rings is 1. The van der Waals surface area contributed by atoms with Gasteiger partial charge in [0.2, 0.25) is 0 Å². The van der Waals surface area contributed by atoms with Gasteiger partial charge in [-0.1, -0.05) is 28.1 Å². The lowest BCUT2D eigenvalue weighted by Gasteiger charge is -2.31. The molecule has 1 heterocycles. The number of carbonyl (C=O) groups is 2. The summed E-state index contributed by atoms with van der Waals surface area (Å²) in [5, 5.41) is 0. The van der Waals surface area contributed by atoms with Gasteiger partial charge < -0.3 is 14.4 Å². The van der Waals surface area contributed by atoms with Crippen LogP contribution in [0.4, 0.5) is 0 Å². The van der Waals surface area contributed by atoms with Crippen LogP contribution in [0.3, 0.4) is 0 Å². The molecule has 1 aliphatic carbocycles. The molecule has 0 aromatic heterocycles. The molecule has 0 spiro atoms. The maximum atomic E-state index is 12.6. The monoisotopic (exact) mass is 419 g/mol. The number of hydrogen-bond donors (Lipinski definition) is 0. The number of benzene rings is 1. The highest BCUT2D eigenvalue weighted by molar-refractivity contribution is 9.10. The Morgan fingerprint density at radius 3 is 2.54 bits per heavy atom. The summed E-state index contributed by atoms with van der Waals surface area (Å²) in [6, 6.07) is 8.03. The van der Waals surface area contributed by atoms with Crippen LogP contribution in [0, 0.1) is 0 Å².